The number of rotatable bonds is 4. The van der Waals surface area contributed by atoms with E-state index in [1.54, 1.807) is 7.11 Å². The maximum absolute atomic E-state index is 6.13. The first-order valence-electron chi connectivity index (χ1n) is 7.24. The molecule has 0 bridgehead atoms. The molecule has 3 heteroatoms. The average molecular weight is 326 g/mol. The molecule has 2 rings (SSSR count). The van der Waals surface area contributed by atoms with Crippen LogP contribution in [0.5, 0.6) is 5.75 Å². The van der Waals surface area contributed by atoms with Gasteiger partial charge in [-0.1, -0.05) is 42.1 Å². The SMILES string of the molecule is CCc1c(Br)cc(C2(CN)CCCCC2)cc1OC. The van der Waals surface area contributed by atoms with Crippen LogP contribution in [0.4, 0.5) is 0 Å². The molecule has 2 nitrogen and oxygen atoms in total. The number of hydrogen-bond acceptors (Lipinski definition) is 2. The summed E-state index contributed by atoms with van der Waals surface area (Å²) >= 11 is 3.70. The molecule has 0 heterocycles. The molecule has 2 N–H and O–H groups in total. The number of ether oxygens (including phenoxy) is 1. The highest BCUT2D eigenvalue weighted by Gasteiger charge is 2.33. The molecule has 1 fully saturated rings. The highest BCUT2D eigenvalue weighted by molar-refractivity contribution is 9.10. The van der Waals surface area contributed by atoms with Crippen LogP contribution < -0.4 is 10.5 Å². The van der Waals surface area contributed by atoms with E-state index >= 15 is 0 Å². The lowest BCUT2D eigenvalue weighted by molar-refractivity contribution is 0.299. The van der Waals surface area contributed by atoms with Crippen molar-refractivity contribution in [3.05, 3.63) is 27.7 Å². The first-order valence-corrected chi connectivity index (χ1v) is 8.03. The normalized spacial score (nSPS) is 18.3. The smallest absolute Gasteiger partial charge is 0.123 e. The molecule has 0 atom stereocenters. The molecular weight excluding hydrogens is 302 g/mol. The highest BCUT2D eigenvalue weighted by Crippen LogP contribution is 2.42. The van der Waals surface area contributed by atoms with Gasteiger partial charge < -0.3 is 10.5 Å². The van der Waals surface area contributed by atoms with E-state index in [0.717, 1.165) is 23.2 Å². The zero-order chi connectivity index (χ0) is 13.9. The predicted octanol–water partition coefficient (Wildman–Crippen LogP) is 4.18. The van der Waals surface area contributed by atoms with Crippen molar-refractivity contribution in [3.63, 3.8) is 0 Å². The van der Waals surface area contributed by atoms with Crippen molar-refractivity contribution in [1.82, 2.24) is 0 Å². The van der Waals surface area contributed by atoms with Gasteiger partial charge in [-0.3, -0.25) is 0 Å². The summed E-state index contributed by atoms with van der Waals surface area (Å²) in [4.78, 5) is 0. The summed E-state index contributed by atoms with van der Waals surface area (Å²) in [5, 5.41) is 0. The van der Waals surface area contributed by atoms with E-state index in [1.165, 1.54) is 43.2 Å². The Bertz CT molecular complexity index is 439. The molecule has 1 aliphatic carbocycles. The summed E-state index contributed by atoms with van der Waals surface area (Å²) in [5.41, 5.74) is 8.87. The zero-order valence-corrected chi connectivity index (χ0v) is 13.6. The summed E-state index contributed by atoms with van der Waals surface area (Å²) in [6.45, 7) is 2.88. The van der Waals surface area contributed by atoms with Crippen molar-refractivity contribution in [2.45, 2.75) is 50.9 Å². The minimum absolute atomic E-state index is 0.153. The topological polar surface area (TPSA) is 35.2 Å². The van der Waals surface area contributed by atoms with Gasteiger partial charge in [-0.25, -0.2) is 0 Å². The van der Waals surface area contributed by atoms with Gasteiger partial charge in [0.1, 0.15) is 5.75 Å². The summed E-state index contributed by atoms with van der Waals surface area (Å²) in [7, 11) is 1.75. The van der Waals surface area contributed by atoms with Crippen LogP contribution in [0.2, 0.25) is 0 Å². The first-order chi connectivity index (χ1) is 9.16. The fourth-order valence-electron chi connectivity index (χ4n) is 3.28. The Hall–Kier alpha value is -0.540. The quantitative estimate of drug-likeness (QED) is 0.901. The average Bonchev–Trinajstić information content (AvgIpc) is 2.47. The highest BCUT2D eigenvalue weighted by atomic mass is 79.9. The predicted molar refractivity (Wildman–Crippen MR) is 83.9 cm³/mol. The molecule has 0 spiro atoms. The van der Waals surface area contributed by atoms with Crippen LogP contribution in [0, 0.1) is 0 Å². The summed E-state index contributed by atoms with van der Waals surface area (Å²) in [6.07, 6.45) is 7.28. The Morgan fingerprint density at radius 1 is 1.26 bits per heavy atom. The number of benzene rings is 1. The van der Waals surface area contributed by atoms with Crippen LogP contribution in [-0.2, 0) is 11.8 Å². The van der Waals surface area contributed by atoms with Gasteiger partial charge in [-0.05, 0) is 37.0 Å². The minimum atomic E-state index is 0.153. The van der Waals surface area contributed by atoms with Crippen molar-refractivity contribution in [2.75, 3.05) is 13.7 Å². The van der Waals surface area contributed by atoms with Crippen LogP contribution in [0.1, 0.15) is 50.2 Å². The van der Waals surface area contributed by atoms with E-state index in [2.05, 4.69) is 35.0 Å². The molecule has 106 valence electrons. The lowest BCUT2D eigenvalue weighted by Gasteiger charge is -2.37. The molecule has 19 heavy (non-hydrogen) atoms. The Morgan fingerprint density at radius 2 is 1.95 bits per heavy atom. The van der Waals surface area contributed by atoms with Crippen LogP contribution in [0.3, 0.4) is 0 Å². The van der Waals surface area contributed by atoms with Crippen LogP contribution in [-0.4, -0.2) is 13.7 Å². The molecule has 0 saturated heterocycles. The fraction of sp³-hybridized carbons (Fsp3) is 0.625. The first kappa shape index (κ1) is 14.9. The number of hydrogen-bond donors (Lipinski definition) is 1. The Morgan fingerprint density at radius 3 is 2.47 bits per heavy atom. The maximum Gasteiger partial charge on any atom is 0.123 e. The zero-order valence-electron chi connectivity index (χ0n) is 12.0. The van der Waals surface area contributed by atoms with E-state index in [0.29, 0.717) is 0 Å². The molecular formula is C16H24BrNO. The van der Waals surface area contributed by atoms with Crippen LogP contribution in [0.25, 0.3) is 0 Å². The molecule has 1 saturated carbocycles. The second kappa shape index (κ2) is 6.27. The Balaban J connectivity index is 2.46. The molecule has 1 aromatic carbocycles. The number of nitrogens with two attached hydrogens (primary N) is 1. The molecule has 0 aliphatic heterocycles. The molecule has 1 aromatic rings. The molecule has 0 unspecified atom stereocenters. The number of methoxy groups -OCH3 is 1. The second-order valence-corrected chi connectivity index (χ2v) is 6.39. The Kier molecular flexibility index (Phi) is 4.91. The van der Waals surface area contributed by atoms with Crippen molar-refractivity contribution >= 4 is 15.9 Å². The van der Waals surface area contributed by atoms with E-state index in [1.807, 2.05) is 0 Å². The van der Waals surface area contributed by atoms with Crippen LogP contribution >= 0.6 is 15.9 Å². The molecule has 0 amide bonds. The molecule has 0 aromatic heterocycles. The fourth-order valence-corrected chi connectivity index (χ4v) is 4.00. The third-order valence-corrected chi connectivity index (χ3v) is 5.25. The van der Waals surface area contributed by atoms with E-state index in [4.69, 9.17) is 10.5 Å². The van der Waals surface area contributed by atoms with E-state index < -0.39 is 0 Å². The van der Waals surface area contributed by atoms with Crippen molar-refractivity contribution in [2.24, 2.45) is 5.73 Å². The van der Waals surface area contributed by atoms with Gasteiger partial charge in [-0.15, -0.1) is 0 Å². The monoisotopic (exact) mass is 325 g/mol. The van der Waals surface area contributed by atoms with Gasteiger partial charge in [-0.2, -0.15) is 0 Å². The van der Waals surface area contributed by atoms with Gasteiger partial charge >= 0.3 is 0 Å². The minimum Gasteiger partial charge on any atom is -0.496 e. The van der Waals surface area contributed by atoms with Gasteiger partial charge in [0.15, 0.2) is 0 Å². The lowest BCUT2D eigenvalue weighted by atomic mass is 9.69. The largest absolute Gasteiger partial charge is 0.496 e. The Labute approximate surface area is 124 Å². The van der Waals surface area contributed by atoms with Crippen molar-refractivity contribution in [1.29, 1.82) is 0 Å². The summed E-state index contributed by atoms with van der Waals surface area (Å²) in [5.74, 6) is 0.991. The number of halogens is 1. The van der Waals surface area contributed by atoms with Gasteiger partial charge in [0.05, 0.1) is 7.11 Å². The lowest BCUT2D eigenvalue weighted by Crippen LogP contribution is -2.37. The third kappa shape index (κ3) is 2.82. The summed E-state index contributed by atoms with van der Waals surface area (Å²) < 4.78 is 6.72. The standard InChI is InChI=1S/C16H24BrNO/c1-3-13-14(17)9-12(10-15(13)19-2)16(11-18)7-5-4-6-8-16/h9-10H,3-8,11,18H2,1-2H3. The van der Waals surface area contributed by atoms with Crippen molar-refractivity contribution < 1.29 is 4.74 Å². The van der Waals surface area contributed by atoms with E-state index in [9.17, 15) is 0 Å². The third-order valence-electron chi connectivity index (χ3n) is 4.54. The maximum atomic E-state index is 6.13. The van der Waals surface area contributed by atoms with Gasteiger partial charge in [0.25, 0.3) is 0 Å². The van der Waals surface area contributed by atoms with Gasteiger partial charge in [0.2, 0.25) is 0 Å². The van der Waals surface area contributed by atoms with Crippen molar-refractivity contribution in [3.8, 4) is 5.75 Å². The second-order valence-electron chi connectivity index (χ2n) is 5.54. The summed E-state index contributed by atoms with van der Waals surface area (Å²) in [6, 6.07) is 4.47. The van der Waals surface area contributed by atoms with Gasteiger partial charge in [0, 0.05) is 22.0 Å². The van der Waals surface area contributed by atoms with Crippen LogP contribution in [0.15, 0.2) is 16.6 Å². The van der Waals surface area contributed by atoms with E-state index in [-0.39, 0.29) is 5.41 Å². The molecule has 0 radical (unpaired) electrons. The molecule has 1 aliphatic rings.